The van der Waals surface area contributed by atoms with E-state index in [0.717, 1.165) is 6.08 Å². The average Bonchev–Trinajstić information content (AvgIpc) is 2.45. The first-order chi connectivity index (χ1) is 9.67. The molecule has 0 unspecified atom stereocenters. The van der Waals surface area contributed by atoms with Gasteiger partial charge in [-0.15, -0.1) is 0 Å². The van der Waals surface area contributed by atoms with Gasteiger partial charge in [0.2, 0.25) is 18.1 Å². The molecule has 1 radical (unpaired) electrons. The van der Waals surface area contributed by atoms with Gasteiger partial charge in [0.05, 0.1) is 17.9 Å². The van der Waals surface area contributed by atoms with Crippen LogP contribution in [-0.4, -0.2) is 43.3 Å². The quantitative estimate of drug-likeness (QED) is 0.649. The molecule has 0 atom stereocenters. The number of hydrogen-bond acceptors (Lipinski definition) is 5. The molecular weight excluding hydrogens is 262 g/mol. The molecule has 7 heteroatoms. The molecule has 0 saturated heterocycles. The van der Waals surface area contributed by atoms with E-state index in [1.165, 1.54) is 19.6 Å². The van der Waals surface area contributed by atoms with Crippen molar-refractivity contribution < 1.29 is 19.1 Å². The van der Waals surface area contributed by atoms with E-state index in [-0.39, 0.29) is 18.8 Å². The molecule has 0 aliphatic carbocycles. The molecule has 20 heavy (non-hydrogen) atoms. The molecule has 1 rings (SSSR count). The number of carbonyl (C=O) groups is 2. The number of ether oxygens (including phenoxy) is 1. The molecule has 0 aromatic carbocycles. The highest BCUT2D eigenvalue weighted by atomic mass is 16.5. The smallest absolute Gasteiger partial charge is 0.250 e. The molecule has 2 amide bonds. The third kappa shape index (κ3) is 5.40. The van der Waals surface area contributed by atoms with Crippen LogP contribution in [0.1, 0.15) is 5.69 Å². The molecule has 0 aliphatic rings. The number of nitrogens with one attached hydrogen (secondary N) is 2. The van der Waals surface area contributed by atoms with Crippen LogP contribution >= 0.6 is 0 Å². The predicted molar refractivity (Wildman–Crippen MR) is 70.9 cm³/mol. The van der Waals surface area contributed by atoms with Gasteiger partial charge in [0, 0.05) is 19.4 Å². The molecule has 1 heterocycles. The fourth-order valence-corrected chi connectivity index (χ4v) is 1.32. The van der Waals surface area contributed by atoms with Crippen LogP contribution in [0.3, 0.4) is 0 Å². The largest absolute Gasteiger partial charge is 0.375 e. The van der Waals surface area contributed by atoms with Gasteiger partial charge in [-0.25, -0.2) is 0 Å². The second-order valence-corrected chi connectivity index (χ2v) is 3.62. The van der Waals surface area contributed by atoms with E-state index in [0.29, 0.717) is 5.69 Å². The Morgan fingerprint density at radius 3 is 2.85 bits per heavy atom. The number of amides is 2. The van der Waals surface area contributed by atoms with Gasteiger partial charge >= 0.3 is 0 Å². The van der Waals surface area contributed by atoms with Gasteiger partial charge in [-0.05, 0) is 12.1 Å². The van der Waals surface area contributed by atoms with Crippen molar-refractivity contribution in [1.82, 2.24) is 15.6 Å². The standard InChI is InChI=1S/C13H14N3O4/c1-20-9-13(19)16-11(8-12(18)15-6-7-17)10-4-2-3-5-14-10/h2-5,8H,6,9H2,1H3,(H,15,18)(H,16,19). The van der Waals surface area contributed by atoms with Gasteiger partial charge in [0.25, 0.3) is 0 Å². The molecule has 7 nitrogen and oxygen atoms in total. The van der Waals surface area contributed by atoms with Crippen LogP contribution in [0, 0.1) is 0 Å². The zero-order valence-electron chi connectivity index (χ0n) is 10.9. The second kappa shape index (κ2) is 8.54. The number of hydrogen-bond donors (Lipinski definition) is 2. The van der Waals surface area contributed by atoms with Crippen molar-refractivity contribution in [3.05, 3.63) is 36.2 Å². The van der Waals surface area contributed by atoms with Crippen LogP contribution in [0.25, 0.3) is 5.70 Å². The Morgan fingerprint density at radius 1 is 1.45 bits per heavy atom. The first kappa shape index (κ1) is 15.5. The van der Waals surface area contributed by atoms with Crippen LogP contribution in [-0.2, 0) is 19.1 Å². The molecule has 105 valence electrons. The summed E-state index contributed by atoms with van der Waals surface area (Å²) in [7, 11) is 1.39. The van der Waals surface area contributed by atoms with Gasteiger partial charge in [-0.1, -0.05) is 6.07 Å². The number of aromatic nitrogens is 1. The SMILES string of the molecule is COCC(=O)NC(=CC(=O)NC[C]=O)c1ccccn1. The van der Waals surface area contributed by atoms with Gasteiger partial charge in [0.1, 0.15) is 6.61 Å². The van der Waals surface area contributed by atoms with Crippen molar-refractivity contribution >= 4 is 23.8 Å². The second-order valence-electron chi connectivity index (χ2n) is 3.62. The Bertz CT molecular complexity index is 500. The van der Waals surface area contributed by atoms with Crippen molar-refractivity contribution in [3.8, 4) is 0 Å². The van der Waals surface area contributed by atoms with Gasteiger partial charge in [0.15, 0.2) is 0 Å². The van der Waals surface area contributed by atoms with Crippen molar-refractivity contribution in [3.63, 3.8) is 0 Å². The molecule has 2 N–H and O–H groups in total. The summed E-state index contributed by atoms with van der Waals surface area (Å²) in [4.78, 5) is 37.2. The van der Waals surface area contributed by atoms with Crippen molar-refractivity contribution in [2.75, 3.05) is 20.3 Å². The molecule has 0 spiro atoms. The van der Waals surface area contributed by atoms with E-state index in [2.05, 4.69) is 15.6 Å². The number of nitrogens with zero attached hydrogens (tertiary/aromatic N) is 1. The molecule has 1 aromatic rings. The van der Waals surface area contributed by atoms with E-state index in [1.807, 2.05) is 0 Å². The monoisotopic (exact) mass is 276 g/mol. The third-order valence-corrected chi connectivity index (χ3v) is 2.10. The minimum atomic E-state index is -0.535. The highest BCUT2D eigenvalue weighted by molar-refractivity contribution is 5.98. The Labute approximate surface area is 116 Å². The summed E-state index contributed by atoms with van der Waals surface area (Å²) in [6.07, 6.45) is 4.22. The van der Waals surface area contributed by atoms with Gasteiger partial charge < -0.3 is 15.4 Å². The number of methoxy groups -OCH3 is 1. The normalized spacial score (nSPS) is 10.8. The zero-order chi connectivity index (χ0) is 14.8. The van der Waals surface area contributed by atoms with Crippen molar-refractivity contribution in [2.45, 2.75) is 0 Å². The minimum absolute atomic E-state index is 0.145. The maximum atomic E-state index is 11.5. The highest BCUT2D eigenvalue weighted by Gasteiger charge is 2.09. The Hall–Kier alpha value is -2.54. The third-order valence-electron chi connectivity index (χ3n) is 2.10. The molecule has 1 aromatic heterocycles. The molecule has 0 fully saturated rings. The van der Waals surface area contributed by atoms with E-state index in [1.54, 1.807) is 18.2 Å². The van der Waals surface area contributed by atoms with Gasteiger partial charge in [-0.2, -0.15) is 0 Å². The van der Waals surface area contributed by atoms with Crippen LogP contribution in [0.15, 0.2) is 30.5 Å². The predicted octanol–water partition coefficient (Wildman–Crippen LogP) is -0.589. The lowest BCUT2D eigenvalue weighted by atomic mass is 10.2. The Morgan fingerprint density at radius 2 is 2.25 bits per heavy atom. The summed E-state index contributed by atoms with van der Waals surface area (Å²) in [5.41, 5.74) is 0.637. The summed E-state index contributed by atoms with van der Waals surface area (Å²) in [5.74, 6) is -0.953. The van der Waals surface area contributed by atoms with Crippen LogP contribution in [0.5, 0.6) is 0 Å². The van der Waals surface area contributed by atoms with Crippen molar-refractivity contribution in [1.29, 1.82) is 0 Å². The molecule has 0 bridgehead atoms. The fraction of sp³-hybridized carbons (Fsp3) is 0.231. The lowest BCUT2D eigenvalue weighted by Gasteiger charge is -2.09. The highest BCUT2D eigenvalue weighted by Crippen LogP contribution is 2.07. The number of carbonyl (C=O) groups excluding carboxylic acids is 3. The van der Waals surface area contributed by atoms with Crippen LogP contribution in [0.4, 0.5) is 0 Å². The van der Waals surface area contributed by atoms with Gasteiger partial charge in [-0.3, -0.25) is 19.4 Å². The molecular formula is C13H14N3O4. The van der Waals surface area contributed by atoms with Crippen molar-refractivity contribution in [2.24, 2.45) is 0 Å². The lowest BCUT2D eigenvalue weighted by molar-refractivity contribution is -0.123. The topological polar surface area (TPSA) is 97.4 Å². The minimum Gasteiger partial charge on any atom is -0.375 e. The van der Waals surface area contributed by atoms with E-state index >= 15 is 0 Å². The molecule has 0 saturated carbocycles. The number of rotatable bonds is 7. The van der Waals surface area contributed by atoms with Crippen LogP contribution < -0.4 is 10.6 Å². The van der Waals surface area contributed by atoms with E-state index in [9.17, 15) is 14.4 Å². The zero-order valence-corrected chi connectivity index (χ0v) is 10.9. The summed E-state index contributed by atoms with van der Waals surface area (Å²) < 4.78 is 4.70. The van der Waals surface area contributed by atoms with E-state index in [4.69, 9.17) is 4.74 Å². The first-order valence-corrected chi connectivity index (χ1v) is 5.72. The molecule has 0 aliphatic heterocycles. The number of pyridine rings is 1. The Balaban J connectivity index is 2.89. The lowest BCUT2D eigenvalue weighted by Crippen LogP contribution is -2.29. The summed E-state index contributed by atoms with van der Waals surface area (Å²) in [6, 6.07) is 5.06. The average molecular weight is 276 g/mol. The fourth-order valence-electron chi connectivity index (χ4n) is 1.32. The summed E-state index contributed by atoms with van der Waals surface area (Å²) in [6.45, 7) is -0.370. The van der Waals surface area contributed by atoms with E-state index < -0.39 is 11.8 Å². The Kier molecular flexibility index (Phi) is 6.63. The summed E-state index contributed by atoms with van der Waals surface area (Å²) in [5, 5.41) is 4.81. The summed E-state index contributed by atoms with van der Waals surface area (Å²) >= 11 is 0. The van der Waals surface area contributed by atoms with Crippen LogP contribution in [0.2, 0.25) is 0 Å². The maximum absolute atomic E-state index is 11.5. The maximum Gasteiger partial charge on any atom is 0.250 e. The first-order valence-electron chi connectivity index (χ1n) is 5.72.